The number of aromatic amines is 1. The van der Waals surface area contributed by atoms with Gasteiger partial charge in [-0.2, -0.15) is 5.21 Å². The molecule has 0 saturated heterocycles. The van der Waals surface area contributed by atoms with Crippen LogP contribution in [-0.2, 0) is 25.8 Å². The summed E-state index contributed by atoms with van der Waals surface area (Å²) in [6.45, 7) is 6.83. The minimum atomic E-state index is -0.0209. The largest absolute Gasteiger partial charge is 0.333 e. The highest BCUT2D eigenvalue weighted by molar-refractivity contribution is 5.79. The lowest BCUT2D eigenvalue weighted by Crippen LogP contribution is -2.26. The molecule has 0 bridgehead atoms. The molecule has 0 aliphatic carbocycles. The van der Waals surface area contributed by atoms with Crippen molar-refractivity contribution in [2.24, 2.45) is 0 Å². The van der Waals surface area contributed by atoms with E-state index in [1.807, 2.05) is 57.9 Å². The Bertz CT molecular complexity index is 1520. The molecule has 3 aromatic heterocycles. The van der Waals surface area contributed by atoms with E-state index >= 15 is 0 Å². The Hall–Kier alpha value is -4.33. The highest BCUT2D eigenvalue weighted by Gasteiger charge is 2.17. The standard InChI is InChI=1S/C29H31N7O/c1-4-10-24-19-36(27-20(5-2)11-9-12-21(27)6-3)29(37)35(24)18-23-16-15-22(17-30-23)25-13-7-8-14-26(25)28-31-33-34-32-28/h7-9,11-17,19H,4-6,10,18H2,1-3H3,(H,31,32,33,34). The number of nitrogens with zero attached hydrogens (tertiary/aromatic N) is 6. The molecular weight excluding hydrogens is 462 g/mol. The number of hydrogen-bond acceptors (Lipinski definition) is 5. The predicted molar refractivity (Wildman–Crippen MR) is 145 cm³/mol. The first-order valence-corrected chi connectivity index (χ1v) is 12.8. The second-order valence-electron chi connectivity index (χ2n) is 9.06. The summed E-state index contributed by atoms with van der Waals surface area (Å²) in [5.41, 5.74) is 8.03. The molecule has 0 aliphatic heterocycles. The molecule has 5 aromatic rings. The molecule has 0 amide bonds. The Balaban J connectivity index is 1.51. The zero-order valence-electron chi connectivity index (χ0n) is 21.5. The van der Waals surface area contributed by atoms with Gasteiger partial charge in [-0.1, -0.05) is 75.7 Å². The zero-order valence-corrected chi connectivity index (χ0v) is 21.5. The number of aromatic nitrogens is 7. The van der Waals surface area contributed by atoms with Crippen molar-refractivity contribution in [1.82, 2.24) is 34.7 Å². The maximum absolute atomic E-state index is 13.7. The maximum atomic E-state index is 13.7. The van der Waals surface area contributed by atoms with E-state index < -0.39 is 0 Å². The smallest absolute Gasteiger partial charge is 0.290 e. The van der Waals surface area contributed by atoms with Crippen molar-refractivity contribution in [1.29, 1.82) is 0 Å². The van der Waals surface area contributed by atoms with Gasteiger partial charge >= 0.3 is 5.69 Å². The van der Waals surface area contributed by atoms with Crippen LogP contribution in [0.4, 0.5) is 0 Å². The van der Waals surface area contributed by atoms with Gasteiger partial charge < -0.3 is 0 Å². The summed E-state index contributed by atoms with van der Waals surface area (Å²) in [5, 5.41) is 14.5. The Morgan fingerprint density at radius 3 is 2.27 bits per heavy atom. The van der Waals surface area contributed by atoms with Crippen molar-refractivity contribution in [3.05, 3.63) is 100.0 Å². The third-order valence-corrected chi connectivity index (χ3v) is 6.74. The summed E-state index contributed by atoms with van der Waals surface area (Å²) in [4.78, 5) is 18.5. The summed E-state index contributed by atoms with van der Waals surface area (Å²) < 4.78 is 3.71. The molecule has 8 heteroatoms. The van der Waals surface area contributed by atoms with Gasteiger partial charge in [-0.05, 0) is 47.2 Å². The van der Waals surface area contributed by atoms with Crippen LogP contribution in [0.3, 0.4) is 0 Å². The Morgan fingerprint density at radius 1 is 0.892 bits per heavy atom. The average molecular weight is 494 g/mol. The van der Waals surface area contributed by atoms with Gasteiger partial charge in [0.05, 0.1) is 17.9 Å². The average Bonchev–Trinajstić information content (AvgIpc) is 3.58. The minimum absolute atomic E-state index is 0.0209. The van der Waals surface area contributed by atoms with Gasteiger partial charge in [0.1, 0.15) is 0 Å². The summed E-state index contributed by atoms with van der Waals surface area (Å²) in [7, 11) is 0. The van der Waals surface area contributed by atoms with Crippen LogP contribution in [0, 0.1) is 0 Å². The molecule has 0 atom stereocenters. The molecule has 188 valence electrons. The van der Waals surface area contributed by atoms with E-state index in [1.54, 1.807) is 0 Å². The van der Waals surface area contributed by atoms with E-state index in [9.17, 15) is 4.79 Å². The first-order valence-electron chi connectivity index (χ1n) is 12.8. The molecule has 0 fully saturated rings. The topological polar surface area (TPSA) is 94.3 Å². The molecule has 5 rings (SSSR count). The van der Waals surface area contributed by atoms with Crippen LogP contribution in [0.25, 0.3) is 28.2 Å². The molecule has 1 N–H and O–H groups in total. The van der Waals surface area contributed by atoms with Crippen molar-refractivity contribution in [3.63, 3.8) is 0 Å². The number of para-hydroxylation sites is 1. The Kier molecular flexibility index (Phi) is 7.07. The zero-order chi connectivity index (χ0) is 25.8. The number of aryl methyl sites for hydroxylation is 3. The summed E-state index contributed by atoms with van der Waals surface area (Å²) in [6.07, 6.45) is 7.40. The molecule has 2 aromatic carbocycles. The summed E-state index contributed by atoms with van der Waals surface area (Å²) >= 11 is 0. The molecule has 0 unspecified atom stereocenters. The van der Waals surface area contributed by atoms with E-state index in [-0.39, 0.29) is 5.69 Å². The van der Waals surface area contributed by atoms with Crippen molar-refractivity contribution >= 4 is 0 Å². The number of H-pyrrole nitrogens is 1. The fourth-order valence-electron chi connectivity index (χ4n) is 4.88. The fraction of sp³-hybridized carbons (Fsp3) is 0.276. The van der Waals surface area contributed by atoms with E-state index in [1.165, 1.54) is 11.1 Å². The quantitative estimate of drug-likeness (QED) is 0.312. The lowest BCUT2D eigenvalue weighted by atomic mass is 10.0. The number of pyridine rings is 1. The molecule has 0 saturated carbocycles. The Morgan fingerprint density at radius 2 is 1.65 bits per heavy atom. The van der Waals surface area contributed by atoms with E-state index in [2.05, 4.69) is 59.6 Å². The molecule has 3 heterocycles. The number of imidazole rings is 1. The fourth-order valence-corrected chi connectivity index (χ4v) is 4.88. The number of rotatable bonds is 9. The highest BCUT2D eigenvalue weighted by atomic mass is 16.1. The monoisotopic (exact) mass is 493 g/mol. The number of hydrogen-bond donors (Lipinski definition) is 1. The van der Waals surface area contributed by atoms with Gasteiger partial charge in [0, 0.05) is 29.2 Å². The molecule has 37 heavy (non-hydrogen) atoms. The third kappa shape index (κ3) is 4.74. The number of nitrogens with one attached hydrogen (secondary N) is 1. The van der Waals surface area contributed by atoms with Crippen LogP contribution >= 0.6 is 0 Å². The first-order chi connectivity index (χ1) is 18.1. The van der Waals surface area contributed by atoms with Crippen LogP contribution in [0.15, 0.2) is 71.8 Å². The molecule has 8 nitrogen and oxygen atoms in total. The second kappa shape index (κ2) is 10.7. The van der Waals surface area contributed by atoms with Crippen molar-refractivity contribution in [2.45, 2.75) is 53.0 Å². The molecular formula is C29H31N7O. The van der Waals surface area contributed by atoms with Crippen LogP contribution < -0.4 is 5.69 Å². The second-order valence-corrected chi connectivity index (χ2v) is 9.06. The normalized spacial score (nSPS) is 11.2. The number of benzene rings is 2. The lowest BCUT2D eigenvalue weighted by Gasteiger charge is -2.13. The molecule has 0 spiro atoms. The minimum Gasteiger partial charge on any atom is -0.290 e. The summed E-state index contributed by atoms with van der Waals surface area (Å²) in [5.74, 6) is 0.538. The Labute approximate surface area is 216 Å². The van der Waals surface area contributed by atoms with Gasteiger partial charge in [0.25, 0.3) is 0 Å². The van der Waals surface area contributed by atoms with Gasteiger partial charge in [0.15, 0.2) is 0 Å². The molecule has 0 aliphatic rings. The van der Waals surface area contributed by atoms with E-state index in [0.29, 0.717) is 12.4 Å². The summed E-state index contributed by atoms with van der Waals surface area (Å²) in [6, 6.07) is 18.2. The third-order valence-electron chi connectivity index (χ3n) is 6.74. The van der Waals surface area contributed by atoms with E-state index in [4.69, 9.17) is 4.98 Å². The van der Waals surface area contributed by atoms with Crippen LogP contribution in [0.1, 0.15) is 49.7 Å². The number of tetrazole rings is 1. The van der Waals surface area contributed by atoms with Gasteiger partial charge in [-0.25, -0.2) is 4.79 Å². The van der Waals surface area contributed by atoms with Gasteiger partial charge in [-0.15, -0.1) is 10.2 Å². The molecule has 0 radical (unpaired) electrons. The maximum Gasteiger partial charge on any atom is 0.333 e. The van der Waals surface area contributed by atoms with Crippen molar-refractivity contribution in [2.75, 3.05) is 0 Å². The van der Waals surface area contributed by atoms with Crippen molar-refractivity contribution in [3.8, 4) is 28.2 Å². The SMILES string of the molecule is CCCc1cn(-c2c(CC)cccc2CC)c(=O)n1Cc1ccc(-c2ccccc2-c2nn[nH]n2)cn1. The van der Waals surface area contributed by atoms with Crippen LogP contribution in [0.5, 0.6) is 0 Å². The van der Waals surface area contributed by atoms with Gasteiger partial charge in [-0.3, -0.25) is 14.1 Å². The predicted octanol–water partition coefficient (Wildman–Crippen LogP) is 5.01. The van der Waals surface area contributed by atoms with Gasteiger partial charge in [0.2, 0.25) is 5.82 Å². The first kappa shape index (κ1) is 24.4. The van der Waals surface area contributed by atoms with E-state index in [0.717, 1.165) is 59.4 Å². The van der Waals surface area contributed by atoms with Crippen LogP contribution in [-0.4, -0.2) is 34.7 Å². The van der Waals surface area contributed by atoms with Crippen LogP contribution in [0.2, 0.25) is 0 Å². The lowest BCUT2D eigenvalue weighted by molar-refractivity contribution is 0.678. The highest BCUT2D eigenvalue weighted by Crippen LogP contribution is 2.29. The van der Waals surface area contributed by atoms with Crippen molar-refractivity contribution < 1.29 is 0 Å².